The number of carbonyl (C=O) groups excluding carboxylic acids is 2. The van der Waals surface area contributed by atoms with E-state index in [0.717, 1.165) is 0 Å². The molecule has 3 aromatic rings. The fourth-order valence-corrected chi connectivity index (χ4v) is 3.08. The van der Waals surface area contributed by atoms with Crippen molar-refractivity contribution < 1.29 is 9.59 Å². The van der Waals surface area contributed by atoms with E-state index >= 15 is 0 Å². The molecule has 1 aliphatic carbocycles. The van der Waals surface area contributed by atoms with E-state index in [1.807, 2.05) is 0 Å². The van der Waals surface area contributed by atoms with Crippen LogP contribution in [-0.2, 0) is 0 Å². The van der Waals surface area contributed by atoms with Gasteiger partial charge in [0.1, 0.15) is 22.2 Å². The molecule has 5 nitrogen and oxygen atoms in total. The lowest BCUT2D eigenvalue weighted by molar-refractivity contribution is 0.0993. The summed E-state index contributed by atoms with van der Waals surface area (Å²) >= 11 is 12.1. The van der Waals surface area contributed by atoms with Gasteiger partial charge in [0.05, 0.1) is 5.57 Å². The van der Waals surface area contributed by atoms with Crippen LogP contribution in [0.2, 0.25) is 5.02 Å². The van der Waals surface area contributed by atoms with Crippen LogP contribution in [0.1, 0.15) is 26.5 Å². The van der Waals surface area contributed by atoms with Gasteiger partial charge in [0.2, 0.25) is 11.6 Å². The van der Waals surface area contributed by atoms with Crippen molar-refractivity contribution in [3.8, 4) is 11.4 Å². The minimum Gasteiger partial charge on any atom is -0.335 e. The predicted molar refractivity (Wildman–Crippen MR) is 94.7 cm³/mol. The third kappa shape index (κ3) is 2.58. The van der Waals surface area contributed by atoms with E-state index in [4.69, 9.17) is 23.2 Å². The van der Waals surface area contributed by atoms with Crippen molar-refractivity contribution >= 4 is 40.3 Å². The number of fused-ring (bicyclic) bond motifs is 1. The maximum absolute atomic E-state index is 12.9. The van der Waals surface area contributed by atoms with Gasteiger partial charge in [0.15, 0.2) is 0 Å². The molecule has 0 atom stereocenters. The molecule has 0 spiro atoms. The molecule has 0 fully saturated rings. The predicted octanol–water partition coefficient (Wildman–Crippen LogP) is 4.15. The number of imidazole rings is 1. The molecule has 0 bridgehead atoms. The smallest absolute Gasteiger partial charge is 0.223 e. The molecule has 122 valence electrons. The van der Waals surface area contributed by atoms with Gasteiger partial charge in [-0.3, -0.25) is 14.6 Å². The SMILES string of the molecule is O=C1C(c2ccc(Cl)cc2)=C(Cl)C(=O)c2[nH]c(-c3ccncc3)nc21. The molecule has 1 N–H and O–H groups in total. The standard InChI is InChI=1S/C18H9Cl2N3O2/c19-11-3-1-9(2-4-11)12-13(20)17(25)15-14(16(12)24)22-18(23-15)10-5-7-21-8-6-10/h1-8H,(H,22,23). The van der Waals surface area contributed by atoms with Crippen molar-refractivity contribution in [2.45, 2.75) is 0 Å². The minimum atomic E-state index is -0.464. The highest BCUT2D eigenvalue weighted by molar-refractivity contribution is 6.56. The van der Waals surface area contributed by atoms with Crippen LogP contribution in [0.15, 0.2) is 53.8 Å². The molecule has 25 heavy (non-hydrogen) atoms. The van der Waals surface area contributed by atoms with Gasteiger partial charge in [-0.1, -0.05) is 35.3 Å². The summed E-state index contributed by atoms with van der Waals surface area (Å²) in [5, 5.41) is 0.389. The molecule has 0 radical (unpaired) electrons. The lowest BCUT2D eigenvalue weighted by atomic mass is 9.92. The average molecular weight is 370 g/mol. The fourth-order valence-electron chi connectivity index (χ4n) is 2.66. The normalized spacial score (nSPS) is 14.0. The summed E-state index contributed by atoms with van der Waals surface area (Å²) in [6.07, 6.45) is 3.20. The number of rotatable bonds is 2. The zero-order valence-corrected chi connectivity index (χ0v) is 14.1. The van der Waals surface area contributed by atoms with Crippen LogP contribution in [0.3, 0.4) is 0 Å². The van der Waals surface area contributed by atoms with Gasteiger partial charge < -0.3 is 4.98 Å². The Labute approximate surface area is 152 Å². The number of pyridine rings is 1. The molecule has 0 saturated carbocycles. The van der Waals surface area contributed by atoms with Gasteiger partial charge in [-0.15, -0.1) is 0 Å². The first kappa shape index (κ1) is 15.7. The average Bonchev–Trinajstić information content (AvgIpc) is 3.08. The highest BCUT2D eigenvalue weighted by Gasteiger charge is 2.35. The number of benzene rings is 1. The van der Waals surface area contributed by atoms with Crippen molar-refractivity contribution in [1.29, 1.82) is 0 Å². The Morgan fingerprint density at radius 1 is 0.840 bits per heavy atom. The van der Waals surface area contributed by atoms with Crippen molar-refractivity contribution in [2.75, 3.05) is 0 Å². The number of Topliss-reactive ketones (excluding diaryl/α,β-unsaturated/α-hetero) is 2. The Hall–Kier alpha value is -2.76. The Morgan fingerprint density at radius 2 is 1.52 bits per heavy atom. The van der Waals surface area contributed by atoms with Crippen LogP contribution in [0.25, 0.3) is 17.0 Å². The molecule has 2 aromatic heterocycles. The van der Waals surface area contributed by atoms with E-state index in [1.165, 1.54) is 0 Å². The highest BCUT2D eigenvalue weighted by Crippen LogP contribution is 2.34. The van der Waals surface area contributed by atoms with Crippen LogP contribution in [0.5, 0.6) is 0 Å². The van der Waals surface area contributed by atoms with Crippen molar-refractivity contribution in [3.05, 3.63) is 75.8 Å². The van der Waals surface area contributed by atoms with Crippen LogP contribution in [0, 0.1) is 0 Å². The number of H-pyrrole nitrogens is 1. The lowest BCUT2D eigenvalue weighted by Crippen LogP contribution is -2.19. The summed E-state index contributed by atoms with van der Waals surface area (Å²) in [7, 11) is 0. The second-order valence-electron chi connectivity index (χ2n) is 5.40. The Kier molecular flexibility index (Phi) is 3.75. The van der Waals surface area contributed by atoms with E-state index in [2.05, 4.69) is 15.0 Å². The van der Waals surface area contributed by atoms with E-state index in [-0.39, 0.29) is 22.0 Å². The molecule has 0 amide bonds. The van der Waals surface area contributed by atoms with E-state index < -0.39 is 11.6 Å². The summed E-state index contributed by atoms with van der Waals surface area (Å²) in [6, 6.07) is 10.0. The summed E-state index contributed by atoms with van der Waals surface area (Å²) in [5.41, 5.74) is 1.52. The maximum atomic E-state index is 12.9. The number of allylic oxidation sites excluding steroid dienone is 2. The molecule has 0 saturated heterocycles. The Bertz CT molecular complexity index is 1040. The molecule has 4 rings (SSSR count). The highest BCUT2D eigenvalue weighted by atomic mass is 35.5. The molecular weight excluding hydrogens is 361 g/mol. The zero-order chi connectivity index (χ0) is 17.6. The second kappa shape index (κ2) is 5.95. The largest absolute Gasteiger partial charge is 0.335 e. The van der Waals surface area contributed by atoms with Gasteiger partial charge >= 0.3 is 0 Å². The maximum Gasteiger partial charge on any atom is 0.223 e. The third-order valence-electron chi connectivity index (χ3n) is 3.88. The van der Waals surface area contributed by atoms with E-state index in [1.54, 1.807) is 48.8 Å². The quantitative estimate of drug-likeness (QED) is 0.735. The molecule has 0 aliphatic heterocycles. The van der Waals surface area contributed by atoms with Crippen molar-refractivity contribution in [2.24, 2.45) is 0 Å². The minimum absolute atomic E-state index is 0.0613. The fraction of sp³-hybridized carbons (Fsp3) is 0. The Balaban J connectivity index is 1.84. The molecular formula is C18H9Cl2N3O2. The molecule has 1 aromatic carbocycles. The van der Waals surface area contributed by atoms with Crippen LogP contribution < -0.4 is 0 Å². The number of carbonyl (C=O) groups is 2. The number of aromatic nitrogens is 3. The first-order valence-electron chi connectivity index (χ1n) is 7.32. The van der Waals surface area contributed by atoms with Gasteiger partial charge in [-0.25, -0.2) is 4.98 Å². The van der Waals surface area contributed by atoms with Crippen molar-refractivity contribution in [1.82, 2.24) is 15.0 Å². The second-order valence-corrected chi connectivity index (χ2v) is 6.21. The molecule has 0 unspecified atom stereocenters. The topological polar surface area (TPSA) is 75.7 Å². The summed E-state index contributed by atoms with van der Waals surface area (Å²) < 4.78 is 0. The first-order chi connectivity index (χ1) is 12.1. The van der Waals surface area contributed by atoms with Crippen LogP contribution in [-0.4, -0.2) is 26.5 Å². The van der Waals surface area contributed by atoms with Gasteiger partial charge in [-0.2, -0.15) is 0 Å². The van der Waals surface area contributed by atoms with E-state index in [9.17, 15) is 9.59 Å². The zero-order valence-electron chi connectivity index (χ0n) is 12.6. The van der Waals surface area contributed by atoms with Crippen LogP contribution >= 0.6 is 23.2 Å². The van der Waals surface area contributed by atoms with Crippen molar-refractivity contribution in [3.63, 3.8) is 0 Å². The van der Waals surface area contributed by atoms with Gasteiger partial charge in [-0.05, 0) is 29.8 Å². The first-order valence-corrected chi connectivity index (χ1v) is 8.07. The number of nitrogens with zero attached hydrogens (tertiary/aromatic N) is 2. The number of nitrogens with one attached hydrogen (secondary N) is 1. The molecule has 2 heterocycles. The lowest BCUT2D eigenvalue weighted by Gasteiger charge is -2.14. The van der Waals surface area contributed by atoms with E-state index in [0.29, 0.717) is 22.0 Å². The number of hydrogen-bond acceptors (Lipinski definition) is 4. The number of ketones is 2. The van der Waals surface area contributed by atoms with Crippen LogP contribution in [0.4, 0.5) is 0 Å². The number of aromatic amines is 1. The van der Waals surface area contributed by atoms with Gasteiger partial charge in [0, 0.05) is 23.0 Å². The third-order valence-corrected chi connectivity index (χ3v) is 4.49. The van der Waals surface area contributed by atoms with Gasteiger partial charge in [0.25, 0.3) is 0 Å². The molecule has 7 heteroatoms. The molecule has 1 aliphatic rings. The summed E-state index contributed by atoms with van der Waals surface area (Å²) in [4.78, 5) is 36.6. The Morgan fingerprint density at radius 3 is 2.20 bits per heavy atom. The monoisotopic (exact) mass is 369 g/mol. The number of halogens is 2. The summed E-state index contributed by atoms with van der Waals surface area (Å²) in [6.45, 7) is 0. The summed E-state index contributed by atoms with van der Waals surface area (Å²) in [5.74, 6) is -0.455. The number of hydrogen-bond donors (Lipinski definition) is 1.